The molecule has 0 aromatic carbocycles. The molecule has 29 heavy (non-hydrogen) atoms. The molecule has 1 aliphatic rings. The van der Waals surface area contributed by atoms with Gasteiger partial charge in [0.25, 0.3) is 0 Å². The van der Waals surface area contributed by atoms with Crippen LogP contribution in [0.5, 0.6) is 0 Å². The molecule has 0 aromatic heterocycles. The minimum absolute atomic E-state index is 0.0827. The van der Waals surface area contributed by atoms with Gasteiger partial charge in [-0.15, -0.1) is 0 Å². The average Bonchev–Trinajstić information content (AvgIpc) is 2.56. The molecule has 1 N–H and O–H groups in total. The molecule has 1 atom stereocenters. The molecular formula is C26H44O2Si. The highest BCUT2D eigenvalue weighted by Gasteiger charge is 2.41. The molecule has 0 saturated heterocycles. The number of hydrogen-bond acceptors (Lipinski definition) is 2. The van der Waals surface area contributed by atoms with E-state index < -0.39 is 8.32 Å². The second-order valence-corrected chi connectivity index (χ2v) is 15.4. The van der Waals surface area contributed by atoms with Crippen molar-refractivity contribution in [3.63, 3.8) is 0 Å². The van der Waals surface area contributed by atoms with Crippen LogP contribution in [-0.4, -0.2) is 26.1 Å². The lowest BCUT2D eigenvalue weighted by atomic mass is 9.71. The third kappa shape index (κ3) is 7.55. The fourth-order valence-corrected chi connectivity index (χ4v) is 4.78. The van der Waals surface area contributed by atoms with Crippen molar-refractivity contribution in [2.75, 3.05) is 6.61 Å². The molecule has 0 heterocycles. The van der Waals surface area contributed by atoms with Gasteiger partial charge in [-0.3, -0.25) is 0 Å². The van der Waals surface area contributed by atoms with E-state index in [0.29, 0.717) is 0 Å². The van der Waals surface area contributed by atoms with Gasteiger partial charge >= 0.3 is 0 Å². The molecule has 3 heteroatoms. The van der Waals surface area contributed by atoms with Crippen LogP contribution in [0.25, 0.3) is 0 Å². The molecule has 0 fully saturated rings. The molecule has 1 rings (SSSR count). The maximum absolute atomic E-state index is 8.93. The quantitative estimate of drug-likeness (QED) is 0.343. The number of rotatable bonds is 7. The van der Waals surface area contributed by atoms with Crippen LogP contribution in [0.3, 0.4) is 0 Å². The van der Waals surface area contributed by atoms with Crippen molar-refractivity contribution in [1.29, 1.82) is 0 Å². The van der Waals surface area contributed by atoms with Crippen molar-refractivity contribution in [2.24, 2.45) is 5.41 Å². The zero-order valence-corrected chi connectivity index (χ0v) is 21.5. The first-order valence-electron chi connectivity index (χ1n) is 10.9. The van der Waals surface area contributed by atoms with E-state index in [1.54, 1.807) is 6.08 Å². The van der Waals surface area contributed by atoms with Gasteiger partial charge in [0.2, 0.25) is 0 Å². The zero-order chi connectivity index (χ0) is 22.5. The third-order valence-corrected chi connectivity index (χ3v) is 11.0. The highest BCUT2D eigenvalue weighted by Crippen LogP contribution is 2.45. The molecule has 0 aliphatic heterocycles. The molecule has 164 valence electrons. The predicted octanol–water partition coefficient (Wildman–Crippen LogP) is 7.51. The van der Waals surface area contributed by atoms with Gasteiger partial charge in [-0.05, 0) is 68.3 Å². The Morgan fingerprint density at radius 2 is 1.79 bits per heavy atom. The first kappa shape index (κ1) is 25.9. The Bertz CT molecular complexity index is 709. The maximum atomic E-state index is 8.93. The summed E-state index contributed by atoms with van der Waals surface area (Å²) >= 11 is 0. The van der Waals surface area contributed by atoms with Crippen molar-refractivity contribution in [2.45, 2.75) is 92.5 Å². The first-order chi connectivity index (χ1) is 13.2. The first-order valence-corrected chi connectivity index (χ1v) is 13.8. The predicted molar refractivity (Wildman–Crippen MR) is 131 cm³/mol. The van der Waals surface area contributed by atoms with Crippen LogP contribution in [0.1, 0.15) is 68.2 Å². The lowest BCUT2D eigenvalue weighted by molar-refractivity contribution is 0.168. The van der Waals surface area contributed by atoms with E-state index in [0.717, 1.165) is 18.4 Å². The number of aliphatic hydroxyl groups is 1. The summed E-state index contributed by atoms with van der Waals surface area (Å²) in [5.74, 6) is 0. The van der Waals surface area contributed by atoms with Gasteiger partial charge in [-0.25, -0.2) is 0 Å². The van der Waals surface area contributed by atoms with Crippen molar-refractivity contribution in [3.8, 4) is 0 Å². The van der Waals surface area contributed by atoms with E-state index >= 15 is 0 Å². The molecular weight excluding hydrogens is 372 g/mol. The van der Waals surface area contributed by atoms with Gasteiger partial charge in [0.05, 0.1) is 12.7 Å². The van der Waals surface area contributed by atoms with Crippen LogP contribution in [0, 0.1) is 5.41 Å². The maximum Gasteiger partial charge on any atom is 0.192 e. The van der Waals surface area contributed by atoms with Crippen LogP contribution in [0.4, 0.5) is 0 Å². The van der Waals surface area contributed by atoms with Crippen molar-refractivity contribution < 1.29 is 9.53 Å². The van der Waals surface area contributed by atoms with E-state index in [4.69, 9.17) is 9.53 Å². The highest BCUT2D eigenvalue weighted by molar-refractivity contribution is 6.74. The van der Waals surface area contributed by atoms with Gasteiger partial charge < -0.3 is 9.53 Å². The summed E-state index contributed by atoms with van der Waals surface area (Å²) in [4.78, 5) is 0. The summed E-state index contributed by atoms with van der Waals surface area (Å²) in [5, 5.41) is 9.16. The zero-order valence-electron chi connectivity index (χ0n) is 20.5. The summed E-state index contributed by atoms with van der Waals surface area (Å²) in [6.45, 7) is 22.8. The van der Waals surface area contributed by atoms with Crippen molar-refractivity contribution in [1.82, 2.24) is 0 Å². The SMILES string of the molecule is CC1=C(/C=C/C(C)=C/C=C/C(C)=C/CO)C(C)(C)CCC1O[Si](C)(C)C(C)(C)C. The Morgan fingerprint density at radius 1 is 1.17 bits per heavy atom. The second-order valence-electron chi connectivity index (χ2n) is 10.6. The molecule has 0 spiro atoms. The highest BCUT2D eigenvalue weighted by atomic mass is 28.4. The minimum atomic E-state index is -1.79. The Labute approximate surface area is 181 Å². The smallest absolute Gasteiger partial charge is 0.192 e. The topological polar surface area (TPSA) is 29.5 Å². The third-order valence-electron chi connectivity index (χ3n) is 6.56. The molecule has 0 aromatic rings. The minimum Gasteiger partial charge on any atom is -0.410 e. The lowest BCUT2D eigenvalue weighted by Crippen LogP contribution is -2.45. The molecule has 0 bridgehead atoms. The molecule has 2 nitrogen and oxygen atoms in total. The summed E-state index contributed by atoms with van der Waals surface area (Å²) < 4.78 is 6.79. The largest absolute Gasteiger partial charge is 0.410 e. The van der Waals surface area contributed by atoms with Gasteiger partial charge in [-0.1, -0.05) is 82.2 Å². The number of hydrogen-bond donors (Lipinski definition) is 1. The van der Waals surface area contributed by atoms with Crippen LogP contribution < -0.4 is 0 Å². The Balaban J connectivity index is 3.09. The van der Waals surface area contributed by atoms with Crippen LogP contribution in [0.15, 0.2) is 58.7 Å². The van der Waals surface area contributed by atoms with E-state index in [1.165, 1.54) is 16.7 Å². The fraction of sp³-hybridized carbons (Fsp3) is 0.615. The summed E-state index contributed by atoms with van der Waals surface area (Å²) in [6.07, 6.45) is 15.0. The molecule has 1 aliphatic carbocycles. The van der Waals surface area contributed by atoms with Crippen LogP contribution in [-0.2, 0) is 4.43 Å². The second kappa shape index (κ2) is 10.2. The standard InChI is InChI=1S/C26H44O2Si/c1-20(12-11-13-21(2)17-19-27)14-15-23-22(3)24(16-18-26(23,7)8)28-29(9,10)25(4,5)6/h11-15,17,24,27H,16,18-19H2,1-10H3/b13-11+,15-14+,20-12+,21-17+. The van der Waals surface area contributed by atoms with Gasteiger partial charge in [0.15, 0.2) is 8.32 Å². The molecule has 0 radical (unpaired) electrons. The van der Waals surface area contributed by atoms with E-state index in [2.05, 4.69) is 79.8 Å². The summed E-state index contributed by atoms with van der Waals surface area (Å²) in [7, 11) is -1.79. The monoisotopic (exact) mass is 416 g/mol. The van der Waals surface area contributed by atoms with E-state index in [-0.39, 0.29) is 23.2 Å². The van der Waals surface area contributed by atoms with Gasteiger partial charge in [-0.2, -0.15) is 0 Å². The summed E-state index contributed by atoms with van der Waals surface area (Å²) in [5.41, 5.74) is 5.26. The number of aliphatic hydroxyl groups excluding tert-OH is 1. The van der Waals surface area contributed by atoms with Gasteiger partial charge in [0, 0.05) is 0 Å². The summed E-state index contributed by atoms with van der Waals surface area (Å²) in [6, 6.07) is 0. The number of allylic oxidation sites excluding steroid dienone is 8. The van der Waals surface area contributed by atoms with Crippen LogP contribution >= 0.6 is 0 Å². The Kier molecular flexibility index (Phi) is 9.13. The van der Waals surface area contributed by atoms with E-state index in [1.807, 2.05) is 19.1 Å². The molecule has 0 amide bonds. The van der Waals surface area contributed by atoms with Crippen LogP contribution in [0.2, 0.25) is 18.1 Å². The Hall–Kier alpha value is -1.16. The van der Waals surface area contributed by atoms with Gasteiger partial charge in [0.1, 0.15) is 0 Å². The molecule has 1 unspecified atom stereocenters. The lowest BCUT2D eigenvalue weighted by Gasteiger charge is -2.44. The molecule has 0 saturated carbocycles. The average molecular weight is 417 g/mol. The van der Waals surface area contributed by atoms with Crippen molar-refractivity contribution >= 4 is 8.32 Å². The fourth-order valence-electron chi connectivity index (χ4n) is 3.42. The Morgan fingerprint density at radius 3 is 2.34 bits per heavy atom. The van der Waals surface area contributed by atoms with Crippen molar-refractivity contribution in [3.05, 3.63) is 58.7 Å². The van der Waals surface area contributed by atoms with E-state index in [9.17, 15) is 0 Å². The normalized spacial score (nSPS) is 22.2.